The van der Waals surface area contributed by atoms with Crippen molar-refractivity contribution in [3.05, 3.63) is 102 Å². The molecule has 0 saturated carbocycles. The number of fused-ring (bicyclic) bond motifs is 2. The molecule has 0 saturated heterocycles. The monoisotopic (exact) mass is 560 g/mol. The van der Waals surface area contributed by atoms with Crippen molar-refractivity contribution >= 4 is 73.8 Å². The summed E-state index contributed by atoms with van der Waals surface area (Å²) in [5.41, 5.74) is 7.84. The van der Waals surface area contributed by atoms with Crippen LogP contribution in [-0.2, 0) is 0 Å². The van der Waals surface area contributed by atoms with Crippen LogP contribution in [0, 0.1) is 11.3 Å². The van der Waals surface area contributed by atoms with E-state index in [1.165, 1.54) is 0 Å². The highest BCUT2D eigenvalue weighted by atomic mass is 35.5. The smallest absolute Gasteiger partial charge is 0.355 e. The van der Waals surface area contributed by atoms with E-state index in [9.17, 15) is 10.1 Å². The van der Waals surface area contributed by atoms with Crippen LogP contribution in [0.2, 0.25) is 20.1 Å². The van der Waals surface area contributed by atoms with Crippen molar-refractivity contribution in [3.63, 3.8) is 0 Å². The van der Waals surface area contributed by atoms with Crippen LogP contribution in [-0.4, -0.2) is 5.97 Å². The van der Waals surface area contributed by atoms with Crippen LogP contribution in [0.15, 0.2) is 66.1 Å². The summed E-state index contributed by atoms with van der Waals surface area (Å²) in [5, 5.41) is 11.8. The fourth-order valence-electron chi connectivity index (χ4n) is 3.89. The van der Waals surface area contributed by atoms with Crippen molar-refractivity contribution in [2.45, 2.75) is 5.92 Å². The first-order valence-electron chi connectivity index (χ1n) is 10.0. The SMILES string of the molecule is N#CC1=C(N)Oc2cc(OC(=O)c3sc4cc(Cl)cc(Cl)c4c3Cl)ccc2C1c1ccc(Cl)cc1. The van der Waals surface area contributed by atoms with Crippen LogP contribution in [0.1, 0.15) is 26.7 Å². The lowest BCUT2D eigenvalue weighted by Crippen LogP contribution is -2.21. The van der Waals surface area contributed by atoms with Crippen molar-refractivity contribution in [2.24, 2.45) is 5.73 Å². The van der Waals surface area contributed by atoms with Gasteiger partial charge in [0.15, 0.2) is 0 Å². The lowest BCUT2D eigenvalue weighted by molar-refractivity contribution is 0.0740. The summed E-state index contributed by atoms with van der Waals surface area (Å²) < 4.78 is 12.0. The Kier molecular flexibility index (Phi) is 6.30. The summed E-state index contributed by atoms with van der Waals surface area (Å²) in [6, 6.07) is 17.4. The van der Waals surface area contributed by atoms with E-state index in [1.807, 2.05) is 12.1 Å². The van der Waals surface area contributed by atoms with Crippen molar-refractivity contribution in [3.8, 4) is 17.6 Å². The maximum atomic E-state index is 12.9. The minimum atomic E-state index is -0.658. The van der Waals surface area contributed by atoms with E-state index in [0.29, 0.717) is 36.5 Å². The minimum absolute atomic E-state index is 0.0255. The number of nitriles is 1. The molecule has 2 heterocycles. The maximum absolute atomic E-state index is 12.9. The van der Waals surface area contributed by atoms with Gasteiger partial charge in [-0.25, -0.2) is 4.79 Å². The van der Waals surface area contributed by atoms with Gasteiger partial charge in [0.05, 0.1) is 16.0 Å². The number of esters is 1. The molecule has 1 aliphatic rings. The number of hydrogen-bond donors (Lipinski definition) is 1. The number of nitrogens with zero attached hydrogens (tertiary/aromatic N) is 1. The lowest BCUT2D eigenvalue weighted by Gasteiger charge is -2.26. The molecule has 35 heavy (non-hydrogen) atoms. The molecule has 5 rings (SSSR count). The van der Waals surface area contributed by atoms with Gasteiger partial charge in [-0.1, -0.05) is 64.6 Å². The summed E-state index contributed by atoms with van der Waals surface area (Å²) in [7, 11) is 0. The highest BCUT2D eigenvalue weighted by molar-refractivity contribution is 7.21. The quantitative estimate of drug-likeness (QED) is 0.202. The second-order valence-electron chi connectivity index (χ2n) is 7.57. The number of nitrogens with two attached hydrogens (primary N) is 1. The third kappa shape index (κ3) is 4.31. The number of carbonyl (C=O) groups excluding carboxylic acids is 1. The Morgan fingerprint density at radius 3 is 2.49 bits per heavy atom. The van der Waals surface area contributed by atoms with E-state index in [-0.39, 0.29) is 27.1 Å². The predicted molar refractivity (Wildman–Crippen MR) is 139 cm³/mol. The van der Waals surface area contributed by atoms with Crippen LogP contribution >= 0.6 is 57.7 Å². The Labute approximate surface area is 223 Å². The number of thiophene rings is 1. The second-order valence-corrected chi connectivity index (χ2v) is 10.3. The van der Waals surface area contributed by atoms with Gasteiger partial charge in [-0.2, -0.15) is 5.26 Å². The molecule has 2 N–H and O–H groups in total. The Balaban J connectivity index is 1.49. The zero-order chi connectivity index (χ0) is 24.9. The van der Waals surface area contributed by atoms with E-state index in [0.717, 1.165) is 16.9 Å². The summed E-state index contributed by atoms with van der Waals surface area (Å²) >= 11 is 25.9. The zero-order valence-corrected chi connectivity index (χ0v) is 21.3. The average molecular weight is 562 g/mol. The van der Waals surface area contributed by atoms with Crippen molar-refractivity contribution < 1.29 is 14.3 Å². The molecule has 0 aliphatic carbocycles. The van der Waals surface area contributed by atoms with Gasteiger partial charge in [0.1, 0.15) is 28.0 Å². The Hall–Kier alpha value is -2.92. The van der Waals surface area contributed by atoms with Gasteiger partial charge in [-0.3, -0.25) is 0 Å². The summed E-state index contributed by atoms with van der Waals surface area (Å²) in [6.07, 6.45) is 0. The van der Waals surface area contributed by atoms with Crippen LogP contribution in [0.4, 0.5) is 0 Å². The van der Waals surface area contributed by atoms with Crippen molar-refractivity contribution in [1.82, 2.24) is 0 Å². The van der Waals surface area contributed by atoms with Gasteiger partial charge in [0, 0.05) is 31.8 Å². The first-order valence-corrected chi connectivity index (χ1v) is 12.4. The average Bonchev–Trinajstić information content (AvgIpc) is 3.15. The number of ether oxygens (including phenoxy) is 2. The number of hydrogen-bond acceptors (Lipinski definition) is 6. The zero-order valence-electron chi connectivity index (χ0n) is 17.4. The topological polar surface area (TPSA) is 85.3 Å². The molecule has 1 atom stereocenters. The molecule has 0 radical (unpaired) electrons. The third-order valence-electron chi connectivity index (χ3n) is 5.44. The Morgan fingerprint density at radius 2 is 1.77 bits per heavy atom. The third-order valence-corrected chi connectivity index (χ3v) is 7.81. The van der Waals surface area contributed by atoms with E-state index < -0.39 is 11.9 Å². The van der Waals surface area contributed by atoms with Gasteiger partial charge in [0.25, 0.3) is 0 Å². The number of benzene rings is 3. The van der Waals surface area contributed by atoms with E-state index in [4.69, 9.17) is 61.6 Å². The standard InChI is InChI=1S/C25H12Cl4N2O3S/c26-12-3-1-11(2-4-12)20-15-6-5-14(9-18(15)34-24(31)16(20)10-30)33-25(32)23-22(29)21-17(28)7-13(27)8-19(21)35-23/h1-9,20H,31H2. The molecule has 0 fully saturated rings. The number of allylic oxidation sites excluding steroid dienone is 1. The Bertz CT molecular complexity index is 1590. The molecule has 3 aromatic carbocycles. The molecule has 1 aliphatic heterocycles. The molecule has 4 aromatic rings. The number of rotatable bonds is 3. The molecule has 1 aromatic heterocycles. The summed E-state index contributed by atoms with van der Waals surface area (Å²) in [5.74, 6) is -0.565. The predicted octanol–water partition coefficient (Wildman–Crippen LogP) is 7.95. The molecular formula is C25H12Cl4N2O3S. The van der Waals surface area contributed by atoms with Crippen molar-refractivity contribution in [1.29, 1.82) is 5.26 Å². The molecule has 1 unspecified atom stereocenters. The van der Waals surface area contributed by atoms with Crippen molar-refractivity contribution in [2.75, 3.05) is 0 Å². The van der Waals surface area contributed by atoms with Crippen LogP contribution in [0.3, 0.4) is 0 Å². The normalized spacial score (nSPS) is 14.9. The van der Waals surface area contributed by atoms with Gasteiger partial charge in [-0.05, 0) is 35.9 Å². The first-order chi connectivity index (χ1) is 16.8. The van der Waals surface area contributed by atoms with E-state index >= 15 is 0 Å². The lowest BCUT2D eigenvalue weighted by atomic mass is 9.83. The van der Waals surface area contributed by atoms with Crippen LogP contribution < -0.4 is 15.2 Å². The Morgan fingerprint density at radius 1 is 1.03 bits per heavy atom. The van der Waals surface area contributed by atoms with Gasteiger partial charge >= 0.3 is 5.97 Å². The van der Waals surface area contributed by atoms with Gasteiger partial charge < -0.3 is 15.2 Å². The summed E-state index contributed by atoms with van der Waals surface area (Å²) in [6.45, 7) is 0. The highest BCUT2D eigenvalue weighted by Crippen LogP contribution is 2.45. The molecule has 5 nitrogen and oxygen atoms in total. The first kappa shape index (κ1) is 23.8. The minimum Gasteiger partial charge on any atom is -0.440 e. The molecule has 0 bridgehead atoms. The van der Waals surface area contributed by atoms with E-state index in [1.54, 1.807) is 42.5 Å². The summed E-state index contributed by atoms with van der Waals surface area (Å²) in [4.78, 5) is 13.1. The van der Waals surface area contributed by atoms with Gasteiger partial charge in [-0.15, -0.1) is 11.3 Å². The number of halogens is 4. The highest BCUT2D eigenvalue weighted by Gasteiger charge is 2.31. The van der Waals surface area contributed by atoms with Gasteiger partial charge in [0.2, 0.25) is 5.88 Å². The molecule has 174 valence electrons. The van der Waals surface area contributed by atoms with Crippen LogP contribution in [0.25, 0.3) is 10.1 Å². The second kappa shape index (κ2) is 9.27. The van der Waals surface area contributed by atoms with Crippen LogP contribution in [0.5, 0.6) is 11.5 Å². The fraction of sp³-hybridized carbons (Fsp3) is 0.0400. The molecule has 0 spiro atoms. The molecule has 0 amide bonds. The maximum Gasteiger partial charge on any atom is 0.355 e. The molecule has 10 heteroatoms. The fourth-order valence-corrected chi connectivity index (χ4v) is 6.27. The molecular weight excluding hydrogens is 550 g/mol. The number of carbonyl (C=O) groups is 1. The largest absolute Gasteiger partial charge is 0.440 e. The van der Waals surface area contributed by atoms with E-state index in [2.05, 4.69) is 6.07 Å².